The SMILES string of the molecule is COc1ccc(NC(=O)[C@@H](SC(=S)N2CCCC2)c2ccccc2)cc1Cl. The van der Waals surface area contributed by atoms with E-state index in [1.807, 2.05) is 30.3 Å². The lowest BCUT2D eigenvalue weighted by Crippen LogP contribution is -2.27. The predicted octanol–water partition coefficient (Wildman–Crippen LogP) is 5.14. The van der Waals surface area contributed by atoms with Gasteiger partial charge >= 0.3 is 0 Å². The van der Waals surface area contributed by atoms with Crippen molar-refractivity contribution in [3.05, 3.63) is 59.1 Å². The van der Waals surface area contributed by atoms with E-state index >= 15 is 0 Å². The van der Waals surface area contributed by atoms with Gasteiger partial charge in [-0.2, -0.15) is 0 Å². The Morgan fingerprint density at radius 1 is 1.22 bits per heavy atom. The molecule has 1 N–H and O–H groups in total. The molecule has 1 aliphatic rings. The maximum Gasteiger partial charge on any atom is 0.242 e. The van der Waals surface area contributed by atoms with Crippen molar-refractivity contribution in [3.63, 3.8) is 0 Å². The Kier molecular flexibility index (Phi) is 6.99. The fourth-order valence-electron chi connectivity index (χ4n) is 2.93. The van der Waals surface area contributed by atoms with Crippen LogP contribution in [-0.2, 0) is 4.79 Å². The number of ether oxygens (including phenoxy) is 1. The molecule has 1 saturated heterocycles. The molecular weight excluding hydrogens is 400 g/mol. The number of likely N-dealkylation sites (tertiary alicyclic amines) is 1. The minimum absolute atomic E-state index is 0.131. The molecule has 0 radical (unpaired) electrons. The first-order valence-electron chi connectivity index (χ1n) is 8.73. The molecule has 4 nitrogen and oxygen atoms in total. The monoisotopic (exact) mass is 420 g/mol. The molecule has 142 valence electrons. The van der Waals surface area contributed by atoms with Crippen LogP contribution in [0.4, 0.5) is 5.69 Å². The topological polar surface area (TPSA) is 41.6 Å². The number of rotatable bonds is 5. The number of carbonyl (C=O) groups excluding carboxylic acids is 1. The van der Waals surface area contributed by atoms with Crippen LogP contribution in [-0.4, -0.2) is 35.3 Å². The largest absolute Gasteiger partial charge is 0.495 e. The second-order valence-electron chi connectivity index (χ2n) is 6.21. The van der Waals surface area contributed by atoms with Crippen LogP contribution in [0.3, 0.4) is 0 Å². The Morgan fingerprint density at radius 2 is 1.93 bits per heavy atom. The van der Waals surface area contributed by atoms with Gasteiger partial charge in [-0.25, -0.2) is 0 Å². The van der Waals surface area contributed by atoms with Crippen LogP contribution in [0.25, 0.3) is 0 Å². The minimum atomic E-state index is -0.430. The molecule has 2 aromatic rings. The van der Waals surface area contributed by atoms with Gasteiger partial charge < -0.3 is 15.0 Å². The highest BCUT2D eigenvalue weighted by Gasteiger charge is 2.26. The normalized spacial score (nSPS) is 14.7. The summed E-state index contributed by atoms with van der Waals surface area (Å²) in [6.07, 6.45) is 2.29. The van der Waals surface area contributed by atoms with Gasteiger partial charge in [0.1, 0.15) is 15.3 Å². The van der Waals surface area contributed by atoms with Gasteiger partial charge in [0.15, 0.2) is 0 Å². The molecule has 1 amide bonds. The van der Waals surface area contributed by atoms with Crippen LogP contribution >= 0.6 is 35.6 Å². The molecule has 1 atom stereocenters. The van der Waals surface area contributed by atoms with Gasteiger partial charge in [0.25, 0.3) is 0 Å². The first-order valence-corrected chi connectivity index (χ1v) is 10.4. The van der Waals surface area contributed by atoms with E-state index in [9.17, 15) is 4.79 Å². The van der Waals surface area contributed by atoms with E-state index in [4.69, 9.17) is 28.6 Å². The van der Waals surface area contributed by atoms with Crippen LogP contribution in [0.1, 0.15) is 23.7 Å². The third-order valence-electron chi connectivity index (χ3n) is 4.34. The lowest BCUT2D eigenvalue weighted by Gasteiger charge is -2.23. The van der Waals surface area contributed by atoms with E-state index in [2.05, 4.69) is 10.2 Å². The number of hydrogen-bond acceptors (Lipinski definition) is 4. The quantitative estimate of drug-likeness (QED) is 0.678. The number of thioether (sulfide) groups is 1. The van der Waals surface area contributed by atoms with Crippen molar-refractivity contribution in [3.8, 4) is 5.75 Å². The molecule has 1 heterocycles. The lowest BCUT2D eigenvalue weighted by atomic mass is 10.1. The van der Waals surface area contributed by atoms with Gasteiger partial charge in [0, 0.05) is 18.8 Å². The third-order valence-corrected chi connectivity index (χ3v) is 6.37. The number of anilines is 1. The van der Waals surface area contributed by atoms with Crippen molar-refractivity contribution in [2.75, 3.05) is 25.5 Å². The van der Waals surface area contributed by atoms with Crippen molar-refractivity contribution in [1.82, 2.24) is 4.90 Å². The smallest absolute Gasteiger partial charge is 0.242 e. The number of nitrogens with zero attached hydrogens (tertiary/aromatic N) is 1. The summed E-state index contributed by atoms with van der Waals surface area (Å²) in [6.45, 7) is 1.92. The number of benzene rings is 2. The van der Waals surface area contributed by atoms with Crippen molar-refractivity contribution < 1.29 is 9.53 Å². The average molecular weight is 421 g/mol. The molecule has 0 saturated carbocycles. The van der Waals surface area contributed by atoms with E-state index < -0.39 is 5.25 Å². The molecule has 0 unspecified atom stereocenters. The van der Waals surface area contributed by atoms with E-state index in [0.717, 1.165) is 35.8 Å². The fraction of sp³-hybridized carbons (Fsp3) is 0.300. The van der Waals surface area contributed by atoms with E-state index in [0.29, 0.717) is 16.5 Å². The first-order chi connectivity index (χ1) is 13.1. The third kappa shape index (κ3) is 5.15. The standard InChI is InChI=1S/C20H21ClN2O2S2/c1-25-17-10-9-15(13-16(17)21)22-19(24)18(14-7-3-2-4-8-14)27-20(26)23-11-5-6-12-23/h2-4,7-10,13,18H,5-6,11-12H2,1H3,(H,22,24)/t18-/m0/s1. The summed E-state index contributed by atoms with van der Waals surface area (Å²) in [5, 5.41) is 2.97. The summed E-state index contributed by atoms with van der Waals surface area (Å²) in [7, 11) is 1.56. The van der Waals surface area contributed by atoms with E-state index in [-0.39, 0.29) is 5.91 Å². The Morgan fingerprint density at radius 3 is 2.56 bits per heavy atom. The number of nitrogens with one attached hydrogen (secondary N) is 1. The fourth-order valence-corrected chi connectivity index (χ4v) is 4.65. The first kappa shape index (κ1) is 20.0. The number of hydrogen-bond donors (Lipinski definition) is 1. The summed E-state index contributed by atoms with van der Waals surface area (Å²) in [6, 6.07) is 14.9. The molecular formula is C20H21ClN2O2S2. The van der Waals surface area contributed by atoms with Gasteiger partial charge in [-0.05, 0) is 36.6 Å². The summed E-state index contributed by atoms with van der Waals surface area (Å²) >= 11 is 13.2. The molecule has 1 aliphatic heterocycles. The molecule has 0 aromatic heterocycles. The van der Waals surface area contributed by atoms with Crippen LogP contribution in [0.5, 0.6) is 5.75 Å². The van der Waals surface area contributed by atoms with Crippen LogP contribution in [0, 0.1) is 0 Å². The number of carbonyl (C=O) groups is 1. The maximum absolute atomic E-state index is 13.0. The summed E-state index contributed by atoms with van der Waals surface area (Å²) in [5.41, 5.74) is 1.54. The molecule has 0 spiro atoms. The molecule has 0 bridgehead atoms. The average Bonchev–Trinajstić information content (AvgIpc) is 3.21. The van der Waals surface area contributed by atoms with Crippen molar-refractivity contribution in [1.29, 1.82) is 0 Å². The van der Waals surface area contributed by atoms with Gasteiger partial charge in [-0.15, -0.1) is 0 Å². The van der Waals surface area contributed by atoms with Crippen LogP contribution in [0.15, 0.2) is 48.5 Å². The summed E-state index contributed by atoms with van der Waals surface area (Å²) in [5.74, 6) is 0.438. The number of thiocarbonyl (C=S) groups is 1. The predicted molar refractivity (Wildman–Crippen MR) is 117 cm³/mol. The summed E-state index contributed by atoms with van der Waals surface area (Å²) in [4.78, 5) is 15.2. The number of halogens is 1. The second kappa shape index (κ2) is 9.44. The van der Waals surface area contributed by atoms with Crippen LogP contribution in [0.2, 0.25) is 5.02 Å². The Balaban J connectivity index is 1.78. The molecule has 0 aliphatic carbocycles. The van der Waals surface area contributed by atoms with Gasteiger partial charge in [0.2, 0.25) is 5.91 Å². The number of methoxy groups -OCH3 is 1. The molecule has 3 rings (SSSR count). The molecule has 1 fully saturated rings. The highest BCUT2D eigenvalue weighted by Crippen LogP contribution is 2.34. The summed E-state index contributed by atoms with van der Waals surface area (Å²) < 4.78 is 5.93. The molecule has 2 aromatic carbocycles. The lowest BCUT2D eigenvalue weighted by molar-refractivity contribution is -0.115. The minimum Gasteiger partial charge on any atom is -0.495 e. The van der Waals surface area contributed by atoms with Crippen molar-refractivity contribution in [2.24, 2.45) is 0 Å². The maximum atomic E-state index is 13.0. The van der Waals surface area contributed by atoms with E-state index in [1.165, 1.54) is 11.8 Å². The number of amides is 1. The zero-order valence-corrected chi connectivity index (χ0v) is 17.4. The van der Waals surface area contributed by atoms with Gasteiger partial charge in [-0.1, -0.05) is 65.9 Å². The zero-order chi connectivity index (χ0) is 19.2. The highest BCUT2D eigenvalue weighted by atomic mass is 35.5. The Hall–Kier alpha value is -1.76. The molecule has 7 heteroatoms. The zero-order valence-electron chi connectivity index (χ0n) is 15.0. The Bertz CT molecular complexity index is 811. The molecule has 27 heavy (non-hydrogen) atoms. The van der Waals surface area contributed by atoms with Crippen molar-refractivity contribution in [2.45, 2.75) is 18.1 Å². The van der Waals surface area contributed by atoms with Gasteiger partial charge in [0.05, 0.1) is 12.1 Å². The highest BCUT2D eigenvalue weighted by molar-refractivity contribution is 8.23. The Labute approximate surface area is 174 Å². The van der Waals surface area contributed by atoms with Crippen LogP contribution < -0.4 is 10.1 Å². The van der Waals surface area contributed by atoms with Crippen molar-refractivity contribution >= 4 is 51.5 Å². The second-order valence-corrected chi connectivity index (χ2v) is 8.35. The van der Waals surface area contributed by atoms with Gasteiger partial charge in [-0.3, -0.25) is 4.79 Å². The van der Waals surface area contributed by atoms with E-state index in [1.54, 1.807) is 25.3 Å².